The predicted octanol–water partition coefficient (Wildman–Crippen LogP) is 2.20. The molecule has 0 radical (unpaired) electrons. The molecule has 25 heavy (non-hydrogen) atoms. The van der Waals surface area contributed by atoms with Crippen molar-refractivity contribution in [2.75, 3.05) is 36.8 Å². The Kier molecular flexibility index (Phi) is 5.49. The molecule has 1 amide bonds. The number of aryl methyl sites for hydroxylation is 1. The van der Waals surface area contributed by atoms with Crippen LogP contribution in [0.3, 0.4) is 0 Å². The van der Waals surface area contributed by atoms with Crippen LogP contribution in [0.25, 0.3) is 0 Å². The fourth-order valence-electron chi connectivity index (χ4n) is 2.63. The van der Waals surface area contributed by atoms with Gasteiger partial charge in [0.15, 0.2) is 4.34 Å². The molecule has 2 heterocycles. The van der Waals surface area contributed by atoms with Crippen LogP contribution < -0.4 is 4.90 Å². The third kappa shape index (κ3) is 4.26. The van der Waals surface area contributed by atoms with Crippen LogP contribution in [-0.2, 0) is 4.79 Å². The van der Waals surface area contributed by atoms with E-state index in [4.69, 9.17) is 0 Å². The van der Waals surface area contributed by atoms with Crippen molar-refractivity contribution in [3.63, 3.8) is 0 Å². The highest BCUT2D eigenvalue weighted by molar-refractivity contribution is 8.01. The molecule has 10 heteroatoms. The molecule has 1 fully saturated rings. The lowest BCUT2D eigenvalue weighted by Crippen LogP contribution is -2.49. The van der Waals surface area contributed by atoms with E-state index in [9.17, 15) is 14.9 Å². The summed E-state index contributed by atoms with van der Waals surface area (Å²) in [4.78, 5) is 26.9. The quantitative estimate of drug-likeness (QED) is 0.447. The molecule has 0 unspecified atom stereocenters. The smallest absolute Gasteiger partial charge is 0.292 e. The van der Waals surface area contributed by atoms with Gasteiger partial charge in [0, 0.05) is 32.2 Å². The number of nitro benzene ring substituents is 1. The largest absolute Gasteiger partial charge is 0.362 e. The molecule has 0 bridgehead atoms. The number of carbonyl (C=O) groups excluding carboxylic acids is 1. The molecule has 0 saturated carbocycles. The summed E-state index contributed by atoms with van der Waals surface area (Å²) in [6, 6.07) is 6.71. The summed E-state index contributed by atoms with van der Waals surface area (Å²) in [7, 11) is 0. The first-order valence-corrected chi connectivity index (χ1v) is 9.54. The highest BCUT2D eigenvalue weighted by Crippen LogP contribution is 2.28. The van der Waals surface area contributed by atoms with E-state index in [0.717, 1.165) is 9.35 Å². The zero-order valence-electron chi connectivity index (χ0n) is 13.6. The number of aromatic nitrogens is 2. The lowest BCUT2D eigenvalue weighted by Gasteiger charge is -2.35. The van der Waals surface area contributed by atoms with E-state index in [2.05, 4.69) is 10.2 Å². The standard InChI is InChI=1S/C15H17N5O3S2/c1-11-16-17-15(25-11)24-10-14(21)19-8-6-18(7-9-19)12-4-2-3-5-13(12)20(22)23/h2-5H,6-10H2,1H3. The molecular formula is C15H17N5O3S2. The number of benzene rings is 1. The van der Waals surface area contributed by atoms with Crippen molar-refractivity contribution in [3.8, 4) is 0 Å². The Morgan fingerprint density at radius 1 is 1.28 bits per heavy atom. The van der Waals surface area contributed by atoms with Gasteiger partial charge in [-0.2, -0.15) is 0 Å². The van der Waals surface area contributed by atoms with Crippen molar-refractivity contribution in [2.24, 2.45) is 0 Å². The Morgan fingerprint density at radius 2 is 2.00 bits per heavy atom. The molecule has 2 aromatic rings. The van der Waals surface area contributed by atoms with E-state index in [1.807, 2.05) is 11.8 Å². The third-order valence-corrected chi connectivity index (χ3v) is 5.83. The summed E-state index contributed by atoms with van der Waals surface area (Å²) in [6.07, 6.45) is 0. The molecular weight excluding hydrogens is 362 g/mol. The minimum atomic E-state index is -0.368. The molecule has 0 N–H and O–H groups in total. The number of carbonyl (C=O) groups is 1. The van der Waals surface area contributed by atoms with Crippen LogP contribution >= 0.6 is 23.1 Å². The first-order chi connectivity index (χ1) is 12.0. The number of rotatable bonds is 5. The van der Waals surface area contributed by atoms with Crippen LogP contribution in [0.1, 0.15) is 5.01 Å². The summed E-state index contributed by atoms with van der Waals surface area (Å²) in [6.45, 7) is 4.16. The Hall–Kier alpha value is -2.20. The second-order valence-electron chi connectivity index (χ2n) is 5.49. The summed E-state index contributed by atoms with van der Waals surface area (Å²) < 4.78 is 0.796. The van der Waals surface area contributed by atoms with Gasteiger partial charge < -0.3 is 9.80 Å². The number of nitro groups is 1. The van der Waals surface area contributed by atoms with Crippen LogP contribution in [0.15, 0.2) is 28.6 Å². The van der Waals surface area contributed by atoms with Crippen molar-refractivity contribution in [2.45, 2.75) is 11.3 Å². The van der Waals surface area contributed by atoms with E-state index in [0.29, 0.717) is 37.6 Å². The number of hydrogen-bond donors (Lipinski definition) is 0. The monoisotopic (exact) mass is 379 g/mol. The Labute approximate surface area is 153 Å². The minimum Gasteiger partial charge on any atom is -0.362 e. The summed E-state index contributed by atoms with van der Waals surface area (Å²) in [5, 5.41) is 20.0. The summed E-state index contributed by atoms with van der Waals surface area (Å²) in [5.41, 5.74) is 0.711. The van der Waals surface area contributed by atoms with Crippen LogP contribution in [0.5, 0.6) is 0 Å². The van der Waals surface area contributed by atoms with Crippen LogP contribution in [0.2, 0.25) is 0 Å². The Bertz CT molecular complexity index is 774. The van der Waals surface area contributed by atoms with Gasteiger partial charge in [-0.3, -0.25) is 14.9 Å². The lowest BCUT2D eigenvalue weighted by atomic mass is 10.2. The van der Waals surface area contributed by atoms with Crippen molar-refractivity contribution in [1.29, 1.82) is 0 Å². The van der Waals surface area contributed by atoms with Gasteiger partial charge in [0.1, 0.15) is 10.7 Å². The molecule has 0 atom stereocenters. The molecule has 0 aliphatic carbocycles. The number of hydrogen-bond acceptors (Lipinski definition) is 8. The average Bonchev–Trinajstić information content (AvgIpc) is 3.05. The average molecular weight is 379 g/mol. The lowest BCUT2D eigenvalue weighted by molar-refractivity contribution is -0.384. The van der Waals surface area contributed by atoms with Gasteiger partial charge in [-0.25, -0.2) is 0 Å². The van der Waals surface area contributed by atoms with E-state index < -0.39 is 0 Å². The number of piperazine rings is 1. The maximum absolute atomic E-state index is 12.3. The Balaban J connectivity index is 1.55. The molecule has 3 rings (SSSR count). The van der Waals surface area contributed by atoms with Crippen molar-refractivity contribution in [3.05, 3.63) is 39.4 Å². The van der Waals surface area contributed by atoms with Gasteiger partial charge in [-0.05, 0) is 13.0 Å². The van der Waals surface area contributed by atoms with E-state index in [1.165, 1.54) is 29.2 Å². The molecule has 1 aliphatic heterocycles. The van der Waals surface area contributed by atoms with Gasteiger partial charge in [0.2, 0.25) is 5.91 Å². The fourth-order valence-corrected chi connectivity index (χ4v) is 4.35. The Morgan fingerprint density at radius 3 is 2.64 bits per heavy atom. The predicted molar refractivity (Wildman–Crippen MR) is 97.3 cm³/mol. The first kappa shape index (κ1) is 17.6. The fraction of sp³-hybridized carbons (Fsp3) is 0.400. The third-order valence-electron chi connectivity index (χ3n) is 3.88. The van der Waals surface area contributed by atoms with Gasteiger partial charge in [-0.15, -0.1) is 10.2 Å². The van der Waals surface area contributed by atoms with E-state index in [1.54, 1.807) is 23.1 Å². The normalized spacial score (nSPS) is 14.6. The highest BCUT2D eigenvalue weighted by atomic mass is 32.2. The summed E-state index contributed by atoms with van der Waals surface area (Å²) in [5.74, 6) is 0.389. The SMILES string of the molecule is Cc1nnc(SCC(=O)N2CCN(c3ccccc3[N+](=O)[O-])CC2)s1. The number of anilines is 1. The van der Waals surface area contributed by atoms with Gasteiger partial charge in [-0.1, -0.05) is 35.2 Å². The maximum Gasteiger partial charge on any atom is 0.292 e. The molecule has 1 aromatic carbocycles. The molecule has 1 saturated heterocycles. The van der Waals surface area contributed by atoms with Gasteiger partial charge in [0.05, 0.1) is 10.7 Å². The van der Waals surface area contributed by atoms with Gasteiger partial charge >= 0.3 is 0 Å². The number of para-hydroxylation sites is 2. The molecule has 1 aliphatic rings. The van der Waals surface area contributed by atoms with Crippen LogP contribution in [0.4, 0.5) is 11.4 Å². The first-order valence-electron chi connectivity index (χ1n) is 7.73. The molecule has 8 nitrogen and oxygen atoms in total. The van der Waals surface area contributed by atoms with Crippen molar-refractivity contribution in [1.82, 2.24) is 15.1 Å². The van der Waals surface area contributed by atoms with Crippen LogP contribution in [0, 0.1) is 17.0 Å². The number of thioether (sulfide) groups is 1. The molecule has 0 spiro atoms. The second-order valence-corrected chi connectivity index (χ2v) is 7.89. The van der Waals surface area contributed by atoms with Crippen molar-refractivity contribution >= 4 is 40.4 Å². The highest BCUT2D eigenvalue weighted by Gasteiger charge is 2.25. The number of amides is 1. The second kappa shape index (κ2) is 7.79. The van der Waals surface area contributed by atoms with Gasteiger partial charge in [0.25, 0.3) is 5.69 Å². The van der Waals surface area contributed by atoms with Crippen LogP contribution in [-0.4, -0.2) is 57.9 Å². The number of nitrogens with zero attached hydrogens (tertiary/aromatic N) is 5. The van der Waals surface area contributed by atoms with Crippen molar-refractivity contribution < 1.29 is 9.72 Å². The topological polar surface area (TPSA) is 92.5 Å². The van der Waals surface area contributed by atoms with E-state index >= 15 is 0 Å². The summed E-state index contributed by atoms with van der Waals surface area (Å²) >= 11 is 2.87. The zero-order valence-corrected chi connectivity index (χ0v) is 15.3. The maximum atomic E-state index is 12.3. The molecule has 132 valence electrons. The van der Waals surface area contributed by atoms with E-state index in [-0.39, 0.29) is 16.5 Å². The molecule has 1 aromatic heterocycles. The zero-order chi connectivity index (χ0) is 17.8. The minimum absolute atomic E-state index is 0.0556.